The molecule has 2 rings (SSSR count). The van der Waals surface area contributed by atoms with E-state index in [9.17, 15) is 4.39 Å². The minimum atomic E-state index is -0.226. The van der Waals surface area contributed by atoms with E-state index in [2.05, 4.69) is 18.3 Å². The van der Waals surface area contributed by atoms with E-state index in [1.807, 2.05) is 0 Å². The Hall–Kier alpha value is -1.40. The lowest BCUT2D eigenvalue weighted by Gasteiger charge is -2.29. The van der Waals surface area contributed by atoms with Gasteiger partial charge in [-0.1, -0.05) is 19.8 Å². The maximum Gasteiger partial charge on any atom is 0.127 e. The smallest absolute Gasteiger partial charge is 0.127 e. The molecule has 20 heavy (non-hydrogen) atoms. The minimum Gasteiger partial charge on any atom is -0.310 e. The van der Waals surface area contributed by atoms with Crippen molar-refractivity contribution in [2.24, 2.45) is 5.92 Å². The van der Waals surface area contributed by atoms with E-state index in [4.69, 9.17) is 5.26 Å². The van der Waals surface area contributed by atoms with Crippen LogP contribution in [0.4, 0.5) is 4.39 Å². The topological polar surface area (TPSA) is 35.8 Å². The van der Waals surface area contributed by atoms with Gasteiger partial charge in [-0.3, -0.25) is 0 Å². The number of rotatable bonds is 5. The van der Waals surface area contributed by atoms with Crippen LogP contribution < -0.4 is 5.32 Å². The second-order valence-electron chi connectivity index (χ2n) is 5.81. The van der Waals surface area contributed by atoms with E-state index in [0.717, 1.165) is 5.92 Å². The van der Waals surface area contributed by atoms with Crippen molar-refractivity contribution in [3.05, 3.63) is 35.1 Å². The number of hydrogen-bond acceptors (Lipinski definition) is 2. The van der Waals surface area contributed by atoms with Crippen LogP contribution in [0, 0.1) is 23.1 Å². The molecular weight excluding hydrogens is 251 g/mol. The van der Waals surface area contributed by atoms with E-state index < -0.39 is 0 Å². The Bertz CT molecular complexity index is 470. The lowest BCUT2D eigenvalue weighted by molar-refractivity contribution is 0.277. The van der Waals surface area contributed by atoms with Crippen molar-refractivity contribution in [2.45, 2.75) is 58.0 Å². The van der Waals surface area contributed by atoms with Crippen molar-refractivity contribution < 1.29 is 4.39 Å². The zero-order chi connectivity index (χ0) is 14.4. The van der Waals surface area contributed by atoms with Crippen LogP contribution in [-0.4, -0.2) is 6.04 Å². The van der Waals surface area contributed by atoms with Gasteiger partial charge in [0.1, 0.15) is 5.82 Å². The lowest BCUT2D eigenvalue weighted by atomic mass is 9.83. The first-order chi connectivity index (χ1) is 9.72. The third-order valence-electron chi connectivity index (χ3n) is 4.30. The van der Waals surface area contributed by atoms with Crippen LogP contribution in [0.5, 0.6) is 0 Å². The third kappa shape index (κ3) is 4.05. The van der Waals surface area contributed by atoms with Gasteiger partial charge in [0, 0.05) is 18.2 Å². The molecule has 1 saturated carbocycles. The number of halogens is 1. The highest BCUT2D eigenvalue weighted by Crippen LogP contribution is 2.27. The third-order valence-corrected chi connectivity index (χ3v) is 4.30. The summed E-state index contributed by atoms with van der Waals surface area (Å²) < 4.78 is 13.7. The summed E-state index contributed by atoms with van der Waals surface area (Å²) in [5, 5.41) is 12.3. The van der Waals surface area contributed by atoms with Gasteiger partial charge in [0.25, 0.3) is 0 Å². The second-order valence-corrected chi connectivity index (χ2v) is 5.81. The van der Waals surface area contributed by atoms with Gasteiger partial charge in [-0.25, -0.2) is 4.39 Å². The van der Waals surface area contributed by atoms with Crippen LogP contribution in [0.2, 0.25) is 0 Å². The molecule has 1 N–H and O–H groups in total. The Morgan fingerprint density at radius 3 is 2.70 bits per heavy atom. The first-order valence-electron chi connectivity index (χ1n) is 7.64. The Labute approximate surface area is 121 Å². The molecule has 0 amide bonds. The molecule has 0 aliphatic heterocycles. The largest absolute Gasteiger partial charge is 0.310 e. The fraction of sp³-hybridized carbons (Fsp3) is 0.588. The van der Waals surface area contributed by atoms with Gasteiger partial charge in [0.2, 0.25) is 0 Å². The number of nitrogens with one attached hydrogen (secondary N) is 1. The zero-order valence-corrected chi connectivity index (χ0v) is 12.2. The molecule has 1 fully saturated rings. The van der Waals surface area contributed by atoms with Crippen molar-refractivity contribution in [2.75, 3.05) is 0 Å². The van der Waals surface area contributed by atoms with Crippen molar-refractivity contribution in [3.8, 4) is 6.07 Å². The number of benzene rings is 1. The van der Waals surface area contributed by atoms with Crippen LogP contribution in [0.15, 0.2) is 18.2 Å². The predicted octanol–water partition coefficient (Wildman–Crippen LogP) is 4.15. The fourth-order valence-electron chi connectivity index (χ4n) is 3.10. The van der Waals surface area contributed by atoms with Crippen LogP contribution in [0.25, 0.3) is 0 Å². The Morgan fingerprint density at radius 2 is 2.05 bits per heavy atom. The van der Waals surface area contributed by atoms with Gasteiger partial charge in [-0.05, 0) is 49.8 Å². The second kappa shape index (κ2) is 7.40. The maximum absolute atomic E-state index is 13.7. The maximum atomic E-state index is 13.7. The normalized spacial score (nSPS) is 22.4. The van der Waals surface area contributed by atoms with E-state index in [-0.39, 0.29) is 5.82 Å². The molecule has 0 saturated heterocycles. The molecule has 1 aliphatic rings. The summed E-state index contributed by atoms with van der Waals surface area (Å²) in [6, 6.07) is 7.10. The molecule has 3 heteroatoms. The van der Waals surface area contributed by atoms with Crippen LogP contribution in [-0.2, 0) is 6.54 Å². The first-order valence-corrected chi connectivity index (χ1v) is 7.64. The van der Waals surface area contributed by atoms with Gasteiger partial charge in [-0.15, -0.1) is 0 Å². The van der Waals surface area contributed by atoms with Gasteiger partial charge in [-0.2, -0.15) is 5.26 Å². The van der Waals surface area contributed by atoms with Gasteiger partial charge in [0.05, 0.1) is 11.6 Å². The molecule has 0 aromatic heterocycles. The van der Waals surface area contributed by atoms with E-state index >= 15 is 0 Å². The van der Waals surface area contributed by atoms with E-state index in [1.54, 1.807) is 6.07 Å². The van der Waals surface area contributed by atoms with Crippen LogP contribution >= 0.6 is 0 Å². The molecule has 0 heterocycles. The monoisotopic (exact) mass is 274 g/mol. The molecule has 0 radical (unpaired) electrons. The summed E-state index contributed by atoms with van der Waals surface area (Å²) in [4.78, 5) is 0. The molecule has 1 aromatic carbocycles. The summed E-state index contributed by atoms with van der Waals surface area (Å²) in [6.07, 6.45) is 7.55. The van der Waals surface area contributed by atoms with Crippen molar-refractivity contribution in [1.29, 1.82) is 5.26 Å². The molecule has 0 unspecified atom stereocenters. The molecule has 2 nitrogen and oxygen atoms in total. The Kier molecular flexibility index (Phi) is 5.55. The first kappa shape index (κ1) is 15.0. The average molecular weight is 274 g/mol. The molecular formula is C17H23FN2. The predicted molar refractivity (Wildman–Crippen MR) is 78.6 cm³/mol. The van der Waals surface area contributed by atoms with Crippen LogP contribution in [0.1, 0.15) is 56.6 Å². The zero-order valence-electron chi connectivity index (χ0n) is 12.2. The highest BCUT2D eigenvalue weighted by atomic mass is 19.1. The summed E-state index contributed by atoms with van der Waals surface area (Å²) in [7, 11) is 0. The Balaban J connectivity index is 1.83. The highest BCUT2D eigenvalue weighted by molar-refractivity contribution is 5.33. The molecule has 0 atom stereocenters. The quantitative estimate of drug-likeness (QED) is 0.875. The number of nitrogens with zero attached hydrogens (tertiary/aromatic N) is 1. The van der Waals surface area contributed by atoms with Gasteiger partial charge in [0.15, 0.2) is 0 Å². The van der Waals surface area contributed by atoms with Gasteiger partial charge < -0.3 is 5.32 Å². The standard InChI is InChI=1S/C17H23FN2/c1-2-3-13-4-7-16(8-5-13)20-12-15-10-14(11-19)6-9-17(15)18/h6,9-10,13,16,20H,2-5,7-8,12H2,1H3. The van der Waals surface area contributed by atoms with E-state index in [0.29, 0.717) is 23.7 Å². The number of nitriles is 1. The molecule has 0 spiro atoms. The average Bonchev–Trinajstić information content (AvgIpc) is 2.48. The number of hydrogen-bond donors (Lipinski definition) is 1. The summed E-state index contributed by atoms with van der Waals surface area (Å²) in [6.45, 7) is 2.76. The lowest BCUT2D eigenvalue weighted by Crippen LogP contribution is -2.33. The summed E-state index contributed by atoms with van der Waals surface area (Å²) in [5.41, 5.74) is 1.12. The summed E-state index contributed by atoms with van der Waals surface area (Å²) >= 11 is 0. The molecule has 1 aliphatic carbocycles. The van der Waals surface area contributed by atoms with Crippen molar-refractivity contribution >= 4 is 0 Å². The van der Waals surface area contributed by atoms with Gasteiger partial charge >= 0.3 is 0 Å². The molecule has 108 valence electrons. The molecule has 0 bridgehead atoms. The highest BCUT2D eigenvalue weighted by Gasteiger charge is 2.20. The SMILES string of the molecule is CCCC1CCC(NCc2cc(C#N)ccc2F)CC1. The fourth-order valence-corrected chi connectivity index (χ4v) is 3.10. The van der Waals surface area contributed by atoms with Crippen molar-refractivity contribution in [1.82, 2.24) is 5.32 Å². The summed E-state index contributed by atoms with van der Waals surface area (Å²) in [5.74, 6) is 0.660. The van der Waals surface area contributed by atoms with Crippen molar-refractivity contribution in [3.63, 3.8) is 0 Å². The Morgan fingerprint density at radius 1 is 1.30 bits per heavy atom. The van der Waals surface area contributed by atoms with Crippen LogP contribution in [0.3, 0.4) is 0 Å². The minimum absolute atomic E-state index is 0.226. The van der Waals surface area contributed by atoms with E-state index in [1.165, 1.54) is 50.7 Å². The molecule has 1 aromatic rings.